The predicted molar refractivity (Wildman–Crippen MR) is 98.7 cm³/mol. The van der Waals surface area contributed by atoms with Crippen LogP contribution in [0.15, 0.2) is 36.4 Å². The van der Waals surface area contributed by atoms with Gasteiger partial charge >= 0.3 is 0 Å². The molecule has 0 aliphatic heterocycles. The van der Waals surface area contributed by atoms with Crippen molar-refractivity contribution in [2.75, 3.05) is 20.6 Å². The van der Waals surface area contributed by atoms with Crippen LogP contribution in [0.1, 0.15) is 34.1 Å². The quantitative estimate of drug-likeness (QED) is 0.704. The summed E-state index contributed by atoms with van der Waals surface area (Å²) < 4.78 is 14.0. The van der Waals surface area contributed by atoms with Gasteiger partial charge in [0.05, 0.1) is 15.3 Å². The maximum Gasteiger partial charge on any atom is 0.220 e. The highest BCUT2D eigenvalue weighted by Crippen LogP contribution is 2.23. The largest absolute Gasteiger partial charge is 0.354 e. The molecule has 7 heteroatoms. The number of ketones is 1. The number of hydrogen-bond acceptors (Lipinski definition) is 4. The molecule has 1 amide bonds. The number of carbonyl (C=O) groups is 2. The van der Waals surface area contributed by atoms with E-state index in [9.17, 15) is 14.0 Å². The molecule has 0 aliphatic carbocycles. The lowest BCUT2D eigenvalue weighted by atomic mass is 10.1. The molecule has 2 aromatic rings. The normalized spacial score (nSPS) is 12.2. The highest BCUT2D eigenvalue weighted by molar-refractivity contribution is 7.18. The van der Waals surface area contributed by atoms with E-state index in [1.165, 1.54) is 23.5 Å². The minimum absolute atomic E-state index is 0.0960. The van der Waals surface area contributed by atoms with Gasteiger partial charge in [0, 0.05) is 19.4 Å². The number of nitrogens with one attached hydrogen (secondary N) is 1. The maximum absolute atomic E-state index is 13.4. The Morgan fingerprint density at radius 1 is 1.24 bits per heavy atom. The fourth-order valence-electron chi connectivity index (χ4n) is 2.43. The van der Waals surface area contributed by atoms with E-state index in [2.05, 4.69) is 5.32 Å². The van der Waals surface area contributed by atoms with Crippen molar-refractivity contribution in [1.82, 2.24) is 10.2 Å². The van der Waals surface area contributed by atoms with Gasteiger partial charge in [0.25, 0.3) is 0 Å². The molecule has 1 unspecified atom stereocenters. The van der Waals surface area contributed by atoms with Crippen LogP contribution in [-0.2, 0) is 4.79 Å². The first-order valence-electron chi connectivity index (χ1n) is 7.84. The zero-order valence-electron chi connectivity index (χ0n) is 14.1. The lowest BCUT2D eigenvalue weighted by Gasteiger charge is -2.25. The highest BCUT2D eigenvalue weighted by atomic mass is 35.5. The van der Waals surface area contributed by atoms with Crippen LogP contribution in [-0.4, -0.2) is 37.2 Å². The number of carbonyl (C=O) groups excluding carboxylic acids is 2. The Balaban J connectivity index is 1.86. The molecule has 1 heterocycles. The Labute approximate surface area is 155 Å². The topological polar surface area (TPSA) is 49.4 Å². The average Bonchev–Trinajstić information content (AvgIpc) is 2.99. The number of likely N-dealkylation sites (N-methyl/N-ethyl adjacent to an activating group) is 1. The van der Waals surface area contributed by atoms with E-state index in [0.29, 0.717) is 15.8 Å². The first-order chi connectivity index (χ1) is 11.9. The van der Waals surface area contributed by atoms with Crippen molar-refractivity contribution in [1.29, 1.82) is 0 Å². The summed E-state index contributed by atoms with van der Waals surface area (Å²) in [6, 6.07) is 9.50. The van der Waals surface area contributed by atoms with E-state index in [1.807, 2.05) is 25.1 Å². The lowest BCUT2D eigenvalue weighted by molar-refractivity contribution is -0.121. The second kappa shape index (κ2) is 9.08. The average molecular weight is 383 g/mol. The number of hydrogen-bond donors (Lipinski definition) is 1. The number of Topliss-reactive ketones (excluding diaryl/α,β-unsaturated/α-hetero) is 1. The predicted octanol–water partition coefficient (Wildman–Crippen LogP) is 3.92. The smallest absolute Gasteiger partial charge is 0.220 e. The van der Waals surface area contributed by atoms with Crippen molar-refractivity contribution in [3.63, 3.8) is 0 Å². The zero-order chi connectivity index (χ0) is 18.4. The fraction of sp³-hybridized carbons (Fsp3) is 0.333. The molecule has 0 spiro atoms. The third-order valence-corrected chi connectivity index (χ3v) is 5.05. The second-order valence-electron chi connectivity index (χ2n) is 5.87. The molecule has 1 aromatic heterocycles. The maximum atomic E-state index is 13.4. The fourth-order valence-corrected chi connectivity index (χ4v) is 3.44. The molecule has 1 aromatic carbocycles. The van der Waals surface area contributed by atoms with Crippen LogP contribution < -0.4 is 5.32 Å². The van der Waals surface area contributed by atoms with Crippen LogP contribution in [0.5, 0.6) is 0 Å². The molecule has 1 N–H and O–H groups in total. The van der Waals surface area contributed by atoms with Crippen LogP contribution in [0.25, 0.3) is 0 Å². The molecule has 1 atom stereocenters. The van der Waals surface area contributed by atoms with Crippen molar-refractivity contribution in [2.45, 2.75) is 18.9 Å². The number of thiophene rings is 1. The van der Waals surface area contributed by atoms with Crippen molar-refractivity contribution < 1.29 is 14.0 Å². The summed E-state index contributed by atoms with van der Waals surface area (Å²) >= 11 is 7.02. The van der Waals surface area contributed by atoms with E-state index in [4.69, 9.17) is 11.6 Å². The standard InChI is InChI=1S/C18H20ClFN2O2S/c1-22(2)14(12-4-3-5-13(20)10-12)11-21-18(24)9-6-15(23)16-7-8-17(19)25-16/h3-5,7-8,10,14H,6,9,11H2,1-2H3,(H,21,24). The molecular formula is C18H20ClFN2O2S. The van der Waals surface area contributed by atoms with Gasteiger partial charge in [0.1, 0.15) is 5.82 Å². The summed E-state index contributed by atoms with van der Waals surface area (Å²) in [5.74, 6) is -0.614. The molecule has 0 aliphatic rings. The van der Waals surface area contributed by atoms with E-state index in [-0.39, 0.29) is 36.4 Å². The second-order valence-corrected chi connectivity index (χ2v) is 7.58. The first kappa shape index (κ1) is 19.6. The van der Waals surface area contributed by atoms with E-state index < -0.39 is 0 Å². The Morgan fingerprint density at radius 2 is 2.00 bits per heavy atom. The highest BCUT2D eigenvalue weighted by Gasteiger charge is 2.17. The van der Waals surface area contributed by atoms with Crippen LogP contribution in [0.3, 0.4) is 0 Å². The van der Waals surface area contributed by atoms with Gasteiger partial charge in [0.15, 0.2) is 5.78 Å². The van der Waals surface area contributed by atoms with Gasteiger partial charge in [-0.05, 0) is 43.9 Å². The molecule has 134 valence electrons. The SMILES string of the molecule is CN(C)C(CNC(=O)CCC(=O)c1ccc(Cl)s1)c1cccc(F)c1. The Bertz CT molecular complexity index is 748. The molecular weight excluding hydrogens is 363 g/mol. The summed E-state index contributed by atoms with van der Waals surface area (Å²) in [4.78, 5) is 26.5. The van der Waals surface area contributed by atoms with Crippen LogP contribution in [0.2, 0.25) is 4.34 Å². The molecule has 0 saturated heterocycles. The Hall–Kier alpha value is -1.76. The van der Waals surface area contributed by atoms with Gasteiger partial charge in [0.2, 0.25) is 5.91 Å². The van der Waals surface area contributed by atoms with Crippen LogP contribution >= 0.6 is 22.9 Å². The van der Waals surface area contributed by atoms with Crippen LogP contribution in [0.4, 0.5) is 4.39 Å². The van der Waals surface area contributed by atoms with Gasteiger partial charge in [-0.1, -0.05) is 23.7 Å². The summed E-state index contributed by atoms with van der Waals surface area (Å²) in [5, 5.41) is 2.82. The first-order valence-corrected chi connectivity index (χ1v) is 9.03. The number of rotatable bonds is 8. The molecule has 0 bridgehead atoms. The lowest BCUT2D eigenvalue weighted by Crippen LogP contribution is -2.34. The van der Waals surface area contributed by atoms with Crippen molar-refractivity contribution >= 4 is 34.6 Å². The molecule has 0 radical (unpaired) electrons. The Morgan fingerprint density at radius 3 is 2.60 bits per heavy atom. The number of amides is 1. The van der Waals surface area contributed by atoms with Gasteiger partial charge < -0.3 is 10.2 Å². The van der Waals surface area contributed by atoms with E-state index in [1.54, 1.807) is 18.2 Å². The van der Waals surface area contributed by atoms with Gasteiger partial charge in [-0.2, -0.15) is 0 Å². The summed E-state index contributed by atoms with van der Waals surface area (Å²) in [6.07, 6.45) is 0.243. The molecule has 0 fully saturated rings. The third kappa shape index (κ3) is 5.92. The molecule has 4 nitrogen and oxygen atoms in total. The van der Waals surface area contributed by atoms with E-state index in [0.717, 1.165) is 5.56 Å². The summed E-state index contributed by atoms with van der Waals surface area (Å²) in [5.41, 5.74) is 0.787. The molecule has 25 heavy (non-hydrogen) atoms. The molecule has 0 saturated carbocycles. The third-order valence-electron chi connectivity index (χ3n) is 3.78. The van der Waals surface area contributed by atoms with E-state index >= 15 is 0 Å². The van der Waals surface area contributed by atoms with Gasteiger partial charge in [-0.3, -0.25) is 9.59 Å². The minimum atomic E-state index is -0.309. The zero-order valence-corrected chi connectivity index (χ0v) is 15.7. The monoisotopic (exact) mass is 382 g/mol. The number of nitrogens with zero attached hydrogens (tertiary/aromatic N) is 1. The van der Waals surface area contributed by atoms with Crippen molar-refractivity contribution in [3.05, 3.63) is 57.0 Å². The summed E-state index contributed by atoms with van der Waals surface area (Å²) in [7, 11) is 3.73. The molecule has 2 rings (SSSR count). The van der Waals surface area contributed by atoms with Crippen LogP contribution in [0, 0.1) is 5.82 Å². The minimum Gasteiger partial charge on any atom is -0.354 e. The van der Waals surface area contributed by atoms with Crippen molar-refractivity contribution in [3.8, 4) is 0 Å². The van der Waals surface area contributed by atoms with Gasteiger partial charge in [-0.25, -0.2) is 4.39 Å². The number of halogens is 2. The Kier molecular flexibility index (Phi) is 7.11. The van der Waals surface area contributed by atoms with Crippen molar-refractivity contribution in [2.24, 2.45) is 0 Å². The van der Waals surface area contributed by atoms with Gasteiger partial charge in [-0.15, -0.1) is 11.3 Å². The number of benzene rings is 1. The summed E-state index contributed by atoms with van der Waals surface area (Å²) in [6.45, 7) is 0.342.